The third-order valence-corrected chi connectivity index (χ3v) is 5.96. The van der Waals surface area contributed by atoms with E-state index in [2.05, 4.69) is 10.9 Å². The first-order valence-corrected chi connectivity index (χ1v) is 9.36. The Hall–Kier alpha value is -1.93. The summed E-state index contributed by atoms with van der Waals surface area (Å²) in [6.07, 6.45) is 3.68. The molecule has 0 radical (unpaired) electrons. The maximum atomic E-state index is 12.4. The molecule has 0 spiro atoms. The minimum atomic E-state index is -3.75. The lowest BCUT2D eigenvalue weighted by Gasteiger charge is -2.17. The molecule has 132 valence electrons. The van der Waals surface area contributed by atoms with Crippen molar-refractivity contribution in [2.75, 3.05) is 13.6 Å². The van der Waals surface area contributed by atoms with Gasteiger partial charge in [-0.15, -0.1) is 0 Å². The summed E-state index contributed by atoms with van der Waals surface area (Å²) in [5.41, 5.74) is 5.59. The zero-order valence-electron chi connectivity index (χ0n) is 13.9. The molecule has 1 aliphatic carbocycles. The Morgan fingerprint density at radius 3 is 2.29 bits per heavy atom. The second-order valence-corrected chi connectivity index (χ2v) is 8.14. The molecule has 0 aromatic heterocycles. The molecule has 2 amide bonds. The molecule has 1 aromatic carbocycles. The summed E-state index contributed by atoms with van der Waals surface area (Å²) in [5, 5.41) is 0. The van der Waals surface area contributed by atoms with E-state index in [-0.39, 0.29) is 23.3 Å². The summed E-state index contributed by atoms with van der Waals surface area (Å²) in [6.45, 7) is 1.49. The zero-order chi connectivity index (χ0) is 17.7. The van der Waals surface area contributed by atoms with Crippen molar-refractivity contribution in [2.24, 2.45) is 5.92 Å². The summed E-state index contributed by atoms with van der Waals surface area (Å²) in [6, 6.07) is 6.40. The fraction of sp³-hybridized carbons (Fsp3) is 0.500. The molecule has 0 aliphatic heterocycles. The first kappa shape index (κ1) is 18.4. The Bertz CT molecular complexity index is 695. The summed E-state index contributed by atoms with van der Waals surface area (Å²) >= 11 is 0. The fourth-order valence-corrected chi connectivity index (χ4v) is 3.77. The molecule has 0 unspecified atom stereocenters. The summed E-state index contributed by atoms with van der Waals surface area (Å²) in [4.78, 5) is 23.8. The third kappa shape index (κ3) is 4.55. The number of carbonyl (C=O) groups excluding carboxylic acids is 2. The number of carbonyl (C=O) groups is 2. The monoisotopic (exact) mass is 353 g/mol. The number of sulfonamides is 1. The van der Waals surface area contributed by atoms with Crippen molar-refractivity contribution >= 4 is 21.8 Å². The average Bonchev–Trinajstić information content (AvgIpc) is 3.07. The SMILES string of the molecule is Cc1ccc(S(=O)(=O)N(C)CC(=O)NNC(=O)C2CCCC2)cc1. The van der Waals surface area contributed by atoms with Gasteiger partial charge in [0.25, 0.3) is 5.91 Å². The molecule has 7 nitrogen and oxygen atoms in total. The van der Waals surface area contributed by atoms with Crippen molar-refractivity contribution < 1.29 is 18.0 Å². The minimum absolute atomic E-state index is 0.0701. The van der Waals surface area contributed by atoms with E-state index in [0.29, 0.717) is 0 Å². The topological polar surface area (TPSA) is 95.6 Å². The molecule has 1 aromatic rings. The highest BCUT2D eigenvalue weighted by molar-refractivity contribution is 7.89. The van der Waals surface area contributed by atoms with Crippen molar-refractivity contribution in [2.45, 2.75) is 37.5 Å². The third-order valence-electron chi connectivity index (χ3n) is 4.15. The Morgan fingerprint density at radius 1 is 1.12 bits per heavy atom. The number of aryl methyl sites for hydroxylation is 1. The van der Waals surface area contributed by atoms with Crippen LogP contribution in [0.25, 0.3) is 0 Å². The second kappa shape index (κ2) is 7.76. The summed E-state index contributed by atoms with van der Waals surface area (Å²) in [5.74, 6) is -0.872. The number of hydrazine groups is 1. The van der Waals surface area contributed by atoms with E-state index in [4.69, 9.17) is 0 Å². The molecule has 1 fully saturated rings. The van der Waals surface area contributed by atoms with Gasteiger partial charge in [-0.3, -0.25) is 20.4 Å². The molecule has 0 bridgehead atoms. The largest absolute Gasteiger partial charge is 0.273 e. The molecular formula is C16H23N3O4S. The Kier molecular flexibility index (Phi) is 5.95. The number of nitrogens with one attached hydrogen (secondary N) is 2. The van der Waals surface area contributed by atoms with Crippen LogP contribution in [0.3, 0.4) is 0 Å². The lowest BCUT2D eigenvalue weighted by molar-refractivity contribution is -0.131. The van der Waals surface area contributed by atoms with Crippen LogP contribution in [0.4, 0.5) is 0 Å². The van der Waals surface area contributed by atoms with Gasteiger partial charge in [-0.25, -0.2) is 8.42 Å². The van der Waals surface area contributed by atoms with Crippen molar-refractivity contribution in [3.8, 4) is 0 Å². The lowest BCUT2D eigenvalue weighted by Crippen LogP contribution is -2.48. The minimum Gasteiger partial charge on any atom is -0.273 e. The maximum Gasteiger partial charge on any atom is 0.253 e. The molecule has 1 aliphatic rings. The molecule has 8 heteroatoms. The van der Waals surface area contributed by atoms with Crippen LogP contribution in [0.5, 0.6) is 0 Å². The van der Waals surface area contributed by atoms with Gasteiger partial charge in [0.1, 0.15) is 0 Å². The maximum absolute atomic E-state index is 12.4. The van der Waals surface area contributed by atoms with Crippen LogP contribution < -0.4 is 10.9 Å². The van der Waals surface area contributed by atoms with Gasteiger partial charge in [0, 0.05) is 13.0 Å². The highest BCUT2D eigenvalue weighted by atomic mass is 32.2. The normalized spacial score (nSPS) is 15.5. The second-order valence-electron chi connectivity index (χ2n) is 6.09. The fourth-order valence-electron chi connectivity index (χ4n) is 2.64. The van der Waals surface area contributed by atoms with Gasteiger partial charge in [0.15, 0.2) is 0 Å². The van der Waals surface area contributed by atoms with Crippen molar-refractivity contribution in [1.29, 1.82) is 0 Å². The number of hydrogen-bond acceptors (Lipinski definition) is 4. The lowest BCUT2D eigenvalue weighted by atomic mass is 10.1. The van der Waals surface area contributed by atoms with E-state index in [1.165, 1.54) is 19.2 Å². The first-order chi connectivity index (χ1) is 11.3. The van der Waals surface area contributed by atoms with E-state index in [0.717, 1.165) is 35.6 Å². The van der Waals surface area contributed by atoms with Gasteiger partial charge in [0.05, 0.1) is 11.4 Å². The number of amides is 2. The highest BCUT2D eigenvalue weighted by Gasteiger charge is 2.25. The number of rotatable bonds is 5. The standard InChI is InChI=1S/C16H23N3O4S/c1-12-7-9-14(10-8-12)24(22,23)19(2)11-15(20)17-18-16(21)13-5-3-4-6-13/h7-10,13H,3-6,11H2,1-2H3,(H,17,20)(H,18,21). The van der Waals surface area contributed by atoms with Crippen LogP contribution in [-0.2, 0) is 19.6 Å². The van der Waals surface area contributed by atoms with Crippen LogP contribution in [-0.4, -0.2) is 38.1 Å². The Labute approximate surface area is 142 Å². The molecular weight excluding hydrogens is 330 g/mol. The predicted octanol–water partition coefficient (Wildman–Crippen LogP) is 0.953. The molecule has 2 rings (SSSR count). The Morgan fingerprint density at radius 2 is 1.71 bits per heavy atom. The summed E-state index contributed by atoms with van der Waals surface area (Å²) < 4.78 is 25.7. The van der Waals surface area contributed by atoms with E-state index >= 15 is 0 Å². The molecule has 0 saturated heterocycles. The quantitative estimate of drug-likeness (QED) is 0.771. The van der Waals surface area contributed by atoms with Gasteiger partial charge in [0.2, 0.25) is 15.9 Å². The number of likely N-dealkylation sites (N-methyl/N-ethyl adjacent to an activating group) is 1. The summed E-state index contributed by atoms with van der Waals surface area (Å²) in [7, 11) is -2.42. The van der Waals surface area contributed by atoms with Gasteiger partial charge in [-0.2, -0.15) is 4.31 Å². The van der Waals surface area contributed by atoms with Crippen LogP contribution in [0.15, 0.2) is 29.2 Å². The van der Waals surface area contributed by atoms with E-state index in [1.807, 2.05) is 6.92 Å². The van der Waals surface area contributed by atoms with Crippen LogP contribution in [0.2, 0.25) is 0 Å². The van der Waals surface area contributed by atoms with Gasteiger partial charge in [-0.05, 0) is 31.9 Å². The number of hydrogen-bond donors (Lipinski definition) is 2. The highest BCUT2D eigenvalue weighted by Crippen LogP contribution is 2.24. The van der Waals surface area contributed by atoms with Crippen molar-refractivity contribution in [1.82, 2.24) is 15.2 Å². The molecule has 24 heavy (non-hydrogen) atoms. The average molecular weight is 353 g/mol. The van der Waals surface area contributed by atoms with Gasteiger partial charge in [-0.1, -0.05) is 30.5 Å². The van der Waals surface area contributed by atoms with E-state index in [9.17, 15) is 18.0 Å². The van der Waals surface area contributed by atoms with Crippen LogP contribution in [0.1, 0.15) is 31.2 Å². The van der Waals surface area contributed by atoms with E-state index < -0.39 is 15.9 Å². The molecule has 0 atom stereocenters. The molecule has 1 saturated carbocycles. The van der Waals surface area contributed by atoms with Gasteiger partial charge < -0.3 is 0 Å². The smallest absolute Gasteiger partial charge is 0.253 e. The number of benzene rings is 1. The van der Waals surface area contributed by atoms with Crippen LogP contribution >= 0.6 is 0 Å². The van der Waals surface area contributed by atoms with E-state index in [1.54, 1.807) is 12.1 Å². The predicted molar refractivity (Wildman–Crippen MR) is 89.2 cm³/mol. The molecule has 2 N–H and O–H groups in total. The first-order valence-electron chi connectivity index (χ1n) is 7.92. The molecule has 0 heterocycles. The van der Waals surface area contributed by atoms with Crippen molar-refractivity contribution in [3.05, 3.63) is 29.8 Å². The van der Waals surface area contributed by atoms with Gasteiger partial charge >= 0.3 is 0 Å². The van der Waals surface area contributed by atoms with Crippen molar-refractivity contribution in [3.63, 3.8) is 0 Å². The number of nitrogens with zero attached hydrogens (tertiary/aromatic N) is 1. The zero-order valence-corrected chi connectivity index (χ0v) is 14.7. The Balaban J connectivity index is 1.88. The van der Waals surface area contributed by atoms with Crippen LogP contribution in [0, 0.1) is 12.8 Å².